The fourth-order valence-corrected chi connectivity index (χ4v) is 1.62. The van der Waals surface area contributed by atoms with Gasteiger partial charge in [0.1, 0.15) is 0 Å². The lowest BCUT2D eigenvalue weighted by Gasteiger charge is -2.13. The van der Waals surface area contributed by atoms with E-state index in [0.29, 0.717) is 6.04 Å². The van der Waals surface area contributed by atoms with Crippen molar-refractivity contribution in [3.63, 3.8) is 0 Å². The first-order valence-corrected chi connectivity index (χ1v) is 4.35. The van der Waals surface area contributed by atoms with Crippen molar-refractivity contribution in [2.24, 2.45) is 5.73 Å². The molecule has 0 aromatic rings. The smallest absolute Gasteiger partial charge is 0.312 e. The molecule has 1 rings (SSSR count). The van der Waals surface area contributed by atoms with Crippen LogP contribution in [-0.2, 0) is 0 Å². The van der Waals surface area contributed by atoms with E-state index in [0.717, 1.165) is 12.8 Å². The van der Waals surface area contributed by atoms with Crippen LogP contribution in [0.2, 0.25) is 0 Å². The van der Waals surface area contributed by atoms with E-state index >= 15 is 0 Å². The van der Waals surface area contributed by atoms with Crippen molar-refractivity contribution in [3.05, 3.63) is 0 Å². The zero-order chi connectivity index (χ0) is 8.10. The first kappa shape index (κ1) is 8.37. The molecule has 0 bridgehead atoms. The number of nitrogens with one attached hydrogen (secondary N) is 1. The fraction of sp³-hybridized carbons (Fsp3) is 0.875. The van der Waals surface area contributed by atoms with Crippen molar-refractivity contribution < 1.29 is 4.79 Å². The zero-order valence-corrected chi connectivity index (χ0v) is 6.81. The van der Waals surface area contributed by atoms with E-state index in [1.807, 2.05) is 0 Å². The predicted octanol–water partition coefficient (Wildman–Crippen LogP) is 1.38. The zero-order valence-electron chi connectivity index (χ0n) is 6.81. The molecular formula is C8H16N2O. The molecule has 0 radical (unpaired) electrons. The lowest BCUT2D eigenvalue weighted by molar-refractivity contribution is 0.244. The summed E-state index contributed by atoms with van der Waals surface area (Å²) in [6, 6.07) is -0.0353. The number of rotatable bonds is 1. The van der Waals surface area contributed by atoms with E-state index in [4.69, 9.17) is 5.73 Å². The van der Waals surface area contributed by atoms with Gasteiger partial charge in [0.25, 0.3) is 0 Å². The highest BCUT2D eigenvalue weighted by molar-refractivity contribution is 5.71. The second-order valence-corrected chi connectivity index (χ2v) is 3.20. The van der Waals surface area contributed by atoms with E-state index < -0.39 is 0 Å². The number of hydrogen-bond acceptors (Lipinski definition) is 1. The largest absolute Gasteiger partial charge is 0.352 e. The Labute approximate surface area is 67.3 Å². The van der Waals surface area contributed by atoms with Gasteiger partial charge >= 0.3 is 6.03 Å². The third-order valence-electron chi connectivity index (χ3n) is 2.20. The molecule has 1 saturated carbocycles. The molecule has 0 aromatic heterocycles. The molecule has 0 aliphatic heterocycles. The molecule has 1 fully saturated rings. The molecule has 3 N–H and O–H groups in total. The summed E-state index contributed by atoms with van der Waals surface area (Å²) in [6.45, 7) is 0. The van der Waals surface area contributed by atoms with Crippen molar-refractivity contribution >= 4 is 6.03 Å². The Bertz CT molecular complexity index is 128. The van der Waals surface area contributed by atoms with E-state index in [1.165, 1.54) is 25.7 Å². The van der Waals surface area contributed by atoms with E-state index in [9.17, 15) is 4.79 Å². The summed E-state index contributed by atoms with van der Waals surface area (Å²) in [5.41, 5.74) is 5.02. The molecule has 0 saturated heterocycles. The van der Waals surface area contributed by atoms with Crippen LogP contribution in [0.3, 0.4) is 0 Å². The Balaban J connectivity index is 2.25. The number of nitrogens with two attached hydrogens (primary N) is 1. The van der Waals surface area contributed by atoms with Crippen LogP contribution < -0.4 is 11.1 Å². The van der Waals surface area contributed by atoms with Crippen molar-refractivity contribution in [1.82, 2.24) is 5.32 Å². The standard InChI is InChI=1S/C8H16N2O/c9-8(11)10-7-5-3-1-2-4-6-7/h7H,1-6H2,(H3,9,10,11). The number of carbonyl (C=O) groups is 1. The number of amides is 2. The maximum atomic E-state index is 10.5. The van der Waals surface area contributed by atoms with E-state index in [2.05, 4.69) is 5.32 Å². The molecule has 0 aromatic carbocycles. The van der Waals surface area contributed by atoms with Crippen LogP contribution in [-0.4, -0.2) is 12.1 Å². The SMILES string of the molecule is NC(=O)NC1CCCCCC1. The van der Waals surface area contributed by atoms with Crippen molar-refractivity contribution in [2.75, 3.05) is 0 Å². The van der Waals surface area contributed by atoms with Gasteiger partial charge in [0.2, 0.25) is 0 Å². The third-order valence-corrected chi connectivity index (χ3v) is 2.20. The number of carbonyl (C=O) groups excluding carboxylic acids is 1. The monoisotopic (exact) mass is 156 g/mol. The summed E-state index contributed by atoms with van der Waals surface area (Å²) in [6.07, 6.45) is 7.26. The van der Waals surface area contributed by atoms with Crippen molar-refractivity contribution in [3.8, 4) is 0 Å². The molecule has 0 atom stereocenters. The van der Waals surface area contributed by atoms with Crippen LogP contribution in [0, 0.1) is 0 Å². The van der Waals surface area contributed by atoms with Crippen LogP contribution in [0.1, 0.15) is 38.5 Å². The second-order valence-electron chi connectivity index (χ2n) is 3.20. The van der Waals surface area contributed by atoms with Crippen LogP contribution in [0.25, 0.3) is 0 Å². The van der Waals surface area contributed by atoms with Gasteiger partial charge in [0.15, 0.2) is 0 Å². The lowest BCUT2D eigenvalue weighted by atomic mass is 10.1. The van der Waals surface area contributed by atoms with Gasteiger partial charge in [-0.05, 0) is 12.8 Å². The van der Waals surface area contributed by atoms with Gasteiger partial charge in [0.05, 0.1) is 0 Å². The van der Waals surface area contributed by atoms with Crippen LogP contribution in [0.15, 0.2) is 0 Å². The van der Waals surface area contributed by atoms with Gasteiger partial charge in [-0.1, -0.05) is 25.7 Å². The third kappa shape index (κ3) is 3.25. The molecule has 11 heavy (non-hydrogen) atoms. The maximum absolute atomic E-state index is 10.5. The van der Waals surface area contributed by atoms with Gasteiger partial charge in [-0.15, -0.1) is 0 Å². The molecule has 0 spiro atoms. The van der Waals surface area contributed by atoms with Crippen LogP contribution in [0.4, 0.5) is 4.79 Å². The minimum Gasteiger partial charge on any atom is -0.352 e. The highest BCUT2D eigenvalue weighted by atomic mass is 16.2. The van der Waals surface area contributed by atoms with Crippen molar-refractivity contribution in [2.45, 2.75) is 44.6 Å². The summed E-state index contributed by atoms with van der Waals surface area (Å²) < 4.78 is 0. The number of primary amides is 1. The quantitative estimate of drug-likeness (QED) is 0.553. The highest BCUT2D eigenvalue weighted by Gasteiger charge is 2.12. The predicted molar refractivity (Wildman–Crippen MR) is 44.2 cm³/mol. The highest BCUT2D eigenvalue weighted by Crippen LogP contribution is 2.16. The van der Waals surface area contributed by atoms with Crippen molar-refractivity contribution in [1.29, 1.82) is 0 Å². The summed E-state index contributed by atoms with van der Waals surface area (Å²) in [7, 11) is 0. The van der Waals surface area contributed by atoms with Gasteiger partial charge in [-0.3, -0.25) is 0 Å². The Morgan fingerprint density at radius 1 is 1.18 bits per heavy atom. The summed E-state index contributed by atoms with van der Waals surface area (Å²) >= 11 is 0. The minimum atomic E-state index is -0.378. The molecule has 3 nitrogen and oxygen atoms in total. The molecule has 0 unspecified atom stereocenters. The van der Waals surface area contributed by atoms with Gasteiger partial charge in [-0.2, -0.15) is 0 Å². The average molecular weight is 156 g/mol. The van der Waals surface area contributed by atoms with Gasteiger partial charge < -0.3 is 11.1 Å². The van der Waals surface area contributed by atoms with Gasteiger partial charge in [-0.25, -0.2) is 4.79 Å². The Morgan fingerprint density at radius 2 is 1.73 bits per heavy atom. The summed E-state index contributed by atoms with van der Waals surface area (Å²) in [5.74, 6) is 0. The maximum Gasteiger partial charge on any atom is 0.312 e. The van der Waals surface area contributed by atoms with Crippen LogP contribution >= 0.6 is 0 Å². The molecular weight excluding hydrogens is 140 g/mol. The molecule has 64 valence electrons. The average Bonchev–Trinajstić information content (AvgIpc) is 2.14. The van der Waals surface area contributed by atoms with E-state index in [1.54, 1.807) is 0 Å². The summed E-state index contributed by atoms with van der Waals surface area (Å²) in [5, 5.41) is 2.76. The molecule has 3 heteroatoms. The fourth-order valence-electron chi connectivity index (χ4n) is 1.62. The Hall–Kier alpha value is -0.730. The molecule has 1 aliphatic carbocycles. The molecule has 0 heterocycles. The number of hydrogen-bond donors (Lipinski definition) is 2. The molecule has 1 aliphatic rings. The Morgan fingerprint density at radius 3 is 2.18 bits per heavy atom. The second kappa shape index (κ2) is 4.21. The topological polar surface area (TPSA) is 55.1 Å². The number of urea groups is 1. The van der Waals surface area contributed by atoms with E-state index in [-0.39, 0.29) is 6.03 Å². The first-order valence-electron chi connectivity index (χ1n) is 4.35. The van der Waals surface area contributed by atoms with Crippen LogP contribution in [0.5, 0.6) is 0 Å². The first-order chi connectivity index (χ1) is 5.29. The lowest BCUT2D eigenvalue weighted by Crippen LogP contribution is -2.38. The minimum absolute atomic E-state index is 0.343. The van der Waals surface area contributed by atoms with Gasteiger partial charge in [0, 0.05) is 6.04 Å². The molecule has 2 amide bonds. The summed E-state index contributed by atoms with van der Waals surface area (Å²) in [4.78, 5) is 10.5. The Kier molecular flexibility index (Phi) is 3.20. The normalized spacial score (nSPS) is 20.7.